The molecule has 1 N–H and O–H groups in total. The first-order valence-corrected chi connectivity index (χ1v) is 6.77. The monoisotopic (exact) mass is 269 g/mol. The lowest BCUT2D eigenvalue weighted by Gasteiger charge is -2.24. The summed E-state index contributed by atoms with van der Waals surface area (Å²) in [6, 6.07) is 5.05. The predicted molar refractivity (Wildman–Crippen MR) is 71.9 cm³/mol. The number of alkyl halides is 2. The van der Waals surface area contributed by atoms with Crippen molar-refractivity contribution in [3.8, 4) is 5.75 Å². The average molecular weight is 269 g/mol. The van der Waals surface area contributed by atoms with Crippen LogP contribution in [0.1, 0.15) is 30.9 Å². The van der Waals surface area contributed by atoms with Gasteiger partial charge in [0.15, 0.2) is 0 Å². The van der Waals surface area contributed by atoms with Crippen molar-refractivity contribution in [1.82, 2.24) is 5.32 Å². The normalized spacial score (nSPS) is 17.5. The molecule has 2 rings (SSSR count). The van der Waals surface area contributed by atoms with Gasteiger partial charge in [-0.3, -0.25) is 0 Å². The molecule has 1 aromatic rings. The van der Waals surface area contributed by atoms with Crippen molar-refractivity contribution in [1.29, 1.82) is 0 Å². The predicted octanol–water partition coefficient (Wildman–Crippen LogP) is 3.35. The quantitative estimate of drug-likeness (QED) is 0.905. The summed E-state index contributed by atoms with van der Waals surface area (Å²) < 4.78 is 32.4. The molecule has 0 aliphatic carbocycles. The Balaban J connectivity index is 2.24. The number of ether oxygens (including phenoxy) is 1. The zero-order valence-corrected chi connectivity index (χ0v) is 11.5. The van der Waals surface area contributed by atoms with Crippen molar-refractivity contribution >= 4 is 0 Å². The van der Waals surface area contributed by atoms with E-state index in [0.29, 0.717) is 11.7 Å². The lowest BCUT2D eigenvalue weighted by Crippen LogP contribution is -2.28. The molecule has 1 aliphatic heterocycles. The van der Waals surface area contributed by atoms with Crippen LogP contribution >= 0.6 is 0 Å². The van der Waals surface area contributed by atoms with Gasteiger partial charge in [-0.1, -0.05) is 12.1 Å². The second-order valence-corrected chi connectivity index (χ2v) is 5.28. The summed E-state index contributed by atoms with van der Waals surface area (Å²) >= 11 is 0. The molecule has 0 unspecified atom stereocenters. The highest BCUT2D eigenvalue weighted by Crippen LogP contribution is 2.37. The van der Waals surface area contributed by atoms with Gasteiger partial charge in [-0.2, -0.15) is 0 Å². The summed E-state index contributed by atoms with van der Waals surface area (Å²) in [4.78, 5) is 0. The highest BCUT2D eigenvalue weighted by Gasteiger charge is 2.30. The molecule has 0 spiro atoms. The number of halogens is 2. The van der Waals surface area contributed by atoms with Crippen LogP contribution in [0.2, 0.25) is 0 Å². The van der Waals surface area contributed by atoms with Crippen LogP contribution in [0.5, 0.6) is 5.75 Å². The zero-order chi connectivity index (χ0) is 13.9. The van der Waals surface area contributed by atoms with Crippen molar-refractivity contribution in [2.24, 2.45) is 5.92 Å². The minimum Gasteiger partial charge on any atom is -0.496 e. The molecule has 1 saturated heterocycles. The van der Waals surface area contributed by atoms with Gasteiger partial charge in [-0.15, -0.1) is 0 Å². The number of benzene rings is 1. The van der Waals surface area contributed by atoms with Gasteiger partial charge in [-0.25, -0.2) is 8.78 Å². The van der Waals surface area contributed by atoms with Crippen LogP contribution < -0.4 is 10.1 Å². The van der Waals surface area contributed by atoms with E-state index in [1.165, 1.54) is 13.2 Å². The second-order valence-electron chi connectivity index (χ2n) is 5.28. The third-order valence-corrected chi connectivity index (χ3v) is 3.74. The van der Waals surface area contributed by atoms with Gasteiger partial charge in [0.1, 0.15) is 5.75 Å². The van der Waals surface area contributed by atoms with E-state index in [9.17, 15) is 8.78 Å². The topological polar surface area (TPSA) is 21.3 Å². The van der Waals surface area contributed by atoms with Crippen LogP contribution in [0.3, 0.4) is 0 Å². The molecule has 1 aliphatic rings. The molecule has 1 heterocycles. The van der Waals surface area contributed by atoms with Gasteiger partial charge in [0.05, 0.1) is 12.7 Å². The summed E-state index contributed by atoms with van der Waals surface area (Å²) in [5, 5.41) is 3.31. The molecule has 4 heteroatoms. The van der Waals surface area contributed by atoms with E-state index in [1.807, 2.05) is 6.07 Å². The minimum atomic E-state index is -2.87. The summed E-state index contributed by atoms with van der Waals surface area (Å²) in [7, 11) is 1.47. The molecular formula is C15H21F2NO. The van der Waals surface area contributed by atoms with Gasteiger partial charge in [0.2, 0.25) is 0 Å². The Labute approximate surface area is 113 Å². The van der Waals surface area contributed by atoms with Crippen LogP contribution in [0.15, 0.2) is 18.2 Å². The van der Waals surface area contributed by atoms with E-state index >= 15 is 0 Å². The lowest BCUT2D eigenvalue weighted by molar-refractivity contribution is 0.0149. The van der Waals surface area contributed by atoms with E-state index in [0.717, 1.165) is 44.8 Å². The number of piperidine rings is 1. The number of rotatable bonds is 4. The van der Waals surface area contributed by atoms with Gasteiger partial charge in [-0.05, 0) is 49.9 Å². The van der Waals surface area contributed by atoms with E-state index in [2.05, 4.69) is 5.32 Å². The molecule has 0 amide bonds. The van der Waals surface area contributed by atoms with Crippen LogP contribution in [-0.2, 0) is 12.3 Å². The van der Waals surface area contributed by atoms with Gasteiger partial charge in [0.25, 0.3) is 5.92 Å². The fourth-order valence-electron chi connectivity index (χ4n) is 2.73. The molecule has 0 atom stereocenters. The van der Waals surface area contributed by atoms with Crippen molar-refractivity contribution in [3.05, 3.63) is 29.3 Å². The zero-order valence-electron chi connectivity index (χ0n) is 11.5. The fraction of sp³-hybridized carbons (Fsp3) is 0.600. The molecule has 0 bridgehead atoms. The largest absolute Gasteiger partial charge is 0.496 e. The summed E-state index contributed by atoms with van der Waals surface area (Å²) in [5.74, 6) is -1.96. The van der Waals surface area contributed by atoms with E-state index in [4.69, 9.17) is 4.74 Å². The summed E-state index contributed by atoms with van der Waals surface area (Å²) in [6.07, 6.45) is 3.00. The summed E-state index contributed by atoms with van der Waals surface area (Å²) in [6.45, 7) is 2.94. The molecule has 0 radical (unpaired) electrons. The number of hydrogen-bond donors (Lipinski definition) is 1. The Morgan fingerprint density at radius 3 is 2.58 bits per heavy atom. The SMILES string of the molecule is COc1c(CC2CCNCC2)cccc1C(C)(F)F. The Hall–Kier alpha value is -1.16. The number of hydrogen-bond acceptors (Lipinski definition) is 2. The van der Waals surface area contributed by atoms with Crippen molar-refractivity contribution in [2.75, 3.05) is 20.2 Å². The van der Waals surface area contributed by atoms with E-state index in [1.54, 1.807) is 6.07 Å². The van der Waals surface area contributed by atoms with E-state index in [-0.39, 0.29) is 5.56 Å². The average Bonchev–Trinajstić information content (AvgIpc) is 2.38. The Bertz CT molecular complexity index is 423. The maximum Gasteiger partial charge on any atom is 0.274 e. The minimum absolute atomic E-state index is 0.0126. The molecular weight excluding hydrogens is 248 g/mol. The molecule has 1 aromatic carbocycles. The maximum absolute atomic E-state index is 13.6. The molecule has 0 aromatic heterocycles. The molecule has 19 heavy (non-hydrogen) atoms. The maximum atomic E-state index is 13.6. The van der Waals surface area contributed by atoms with Crippen molar-refractivity contribution in [2.45, 2.75) is 32.1 Å². The Morgan fingerprint density at radius 1 is 1.32 bits per heavy atom. The molecule has 106 valence electrons. The lowest BCUT2D eigenvalue weighted by atomic mass is 9.89. The summed E-state index contributed by atoms with van der Waals surface area (Å²) in [5.41, 5.74) is 0.884. The first-order valence-electron chi connectivity index (χ1n) is 6.77. The Morgan fingerprint density at radius 2 is 2.00 bits per heavy atom. The fourth-order valence-corrected chi connectivity index (χ4v) is 2.73. The van der Waals surface area contributed by atoms with Gasteiger partial charge >= 0.3 is 0 Å². The smallest absolute Gasteiger partial charge is 0.274 e. The highest BCUT2D eigenvalue weighted by molar-refractivity contribution is 5.44. The number of methoxy groups -OCH3 is 1. The number of nitrogens with one attached hydrogen (secondary N) is 1. The first-order chi connectivity index (χ1) is 9.02. The first kappa shape index (κ1) is 14.3. The Kier molecular flexibility index (Phi) is 4.40. The molecule has 0 saturated carbocycles. The standard InChI is InChI=1S/C15H21F2NO/c1-15(16,17)13-5-3-4-12(14(13)19-2)10-11-6-8-18-9-7-11/h3-5,11,18H,6-10H2,1-2H3. The van der Waals surface area contributed by atoms with Crippen LogP contribution in [0, 0.1) is 5.92 Å². The van der Waals surface area contributed by atoms with Gasteiger partial charge in [0, 0.05) is 6.92 Å². The molecule has 1 fully saturated rings. The van der Waals surface area contributed by atoms with Crippen LogP contribution in [-0.4, -0.2) is 20.2 Å². The van der Waals surface area contributed by atoms with E-state index < -0.39 is 5.92 Å². The van der Waals surface area contributed by atoms with Gasteiger partial charge < -0.3 is 10.1 Å². The number of para-hydroxylation sites is 1. The van der Waals surface area contributed by atoms with Crippen molar-refractivity contribution in [3.63, 3.8) is 0 Å². The third-order valence-electron chi connectivity index (χ3n) is 3.74. The highest BCUT2D eigenvalue weighted by atomic mass is 19.3. The second kappa shape index (κ2) is 5.87. The van der Waals surface area contributed by atoms with Crippen LogP contribution in [0.25, 0.3) is 0 Å². The third kappa shape index (κ3) is 3.44. The van der Waals surface area contributed by atoms with Crippen LogP contribution in [0.4, 0.5) is 8.78 Å². The molecule has 2 nitrogen and oxygen atoms in total. The van der Waals surface area contributed by atoms with Crippen molar-refractivity contribution < 1.29 is 13.5 Å².